The van der Waals surface area contributed by atoms with Crippen LogP contribution in [0.4, 0.5) is 0 Å². The zero-order chi connectivity index (χ0) is 25.6. The fourth-order valence-corrected chi connectivity index (χ4v) is 8.21. The van der Waals surface area contributed by atoms with Crippen LogP contribution in [-0.4, -0.2) is 47.2 Å². The zero-order valence-electron chi connectivity index (χ0n) is 21.1. The van der Waals surface area contributed by atoms with E-state index in [1.807, 2.05) is 20.8 Å². The summed E-state index contributed by atoms with van der Waals surface area (Å²) < 4.78 is 22.3. The maximum absolute atomic E-state index is 14.1. The van der Waals surface area contributed by atoms with Gasteiger partial charge in [-0.3, -0.25) is 4.79 Å². The van der Waals surface area contributed by atoms with Crippen molar-refractivity contribution in [2.75, 3.05) is 7.11 Å². The van der Waals surface area contributed by atoms with Gasteiger partial charge in [-0.1, -0.05) is 19.9 Å². The molecule has 8 heteroatoms. The number of aliphatic hydroxyl groups is 1. The predicted molar refractivity (Wildman–Crippen MR) is 123 cm³/mol. The minimum Gasteiger partial charge on any atom is -0.472 e. The van der Waals surface area contributed by atoms with Gasteiger partial charge in [-0.15, -0.1) is 0 Å². The number of carbonyl (C=O) groups is 3. The Morgan fingerprint density at radius 3 is 2.54 bits per heavy atom. The van der Waals surface area contributed by atoms with E-state index in [4.69, 9.17) is 18.6 Å². The highest BCUT2D eigenvalue weighted by Gasteiger charge is 2.88. The summed E-state index contributed by atoms with van der Waals surface area (Å²) in [4.78, 5) is 39.3. The lowest BCUT2D eigenvalue weighted by Gasteiger charge is -2.65. The van der Waals surface area contributed by atoms with Crippen molar-refractivity contribution in [2.45, 2.75) is 77.3 Å². The molecule has 190 valence electrons. The van der Waals surface area contributed by atoms with Crippen LogP contribution in [0, 0.1) is 28.1 Å². The van der Waals surface area contributed by atoms with Gasteiger partial charge < -0.3 is 23.7 Å². The van der Waals surface area contributed by atoms with E-state index in [0.717, 1.165) is 5.56 Å². The summed E-state index contributed by atoms with van der Waals surface area (Å²) in [6.07, 6.45) is 6.19. The van der Waals surface area contributed by atoms with Crippen LogP contribution in [0.15, 0.2) is 35.2 Å². The lowest BCUT2D eigenvalue weighted by molar-refractivity contribution is -0.213. The molecule has 3 heterocycles. The summed E-state index contributed by atoms with van der Waals surface area (Å²) in [5.41, 5.74) is -3.94. The second-order valence-electron chi connectivity index (χ2n) is 11.9. The molecule has 8 unspecified atom stereocenters. The lowest BCUT2D eigenvalue weighted by Crippen LogP contribution is -2.71. The van der Waals surface area contributed by atoms with E-state index in [0.29, 0.717) is 12.8 Å². The van der Waals surface area contributed by atoms with Crippen molar-refractivity contribution in [1.29, 1.82) is 0 Å². The Labute approximate surface area is 205 Å². The van der Waals surface area contributed by atoms with E-state index >= 15 is 0 Å². The van der Waals surface area contributed by atoms with Crippen molar-refractivity contribution in [3.8, 4) is 0 Å². The number of epoxide rings is 1. The third-order valence-corrected chi connectivity index (χ3v) is 9.86. The Balaban J connectivity index is 1.67. The summed E-state index contributed by atoms with van der Waals surface area (Å²) in [5, 5.41) is 11.1. The summed E-state index contributed by atoms with van der Waals surface area (Å²) in [6.45, 7) is 9.34. The molecule has 4 aliphatic rings. The number of furan rings is 1. The summed E-state index contributed by atoms with van der Waals surface area (Å²) in [5.74, 6) is -1.74. The number of hydrogen-bond acceptors (Lipinski definition) is 8. The Morgan fingerprint density at radius 2 is 1.94 bits per heavy atom. The Morgan fingerprint density at radius 1 is 1.23 bits per heavy atom. The van der Waals surface area contributed by atoms with Crippen LogP contribution in [0.25, 0.3) is 0 Å². The number of rotatable bonds is 4. The van der Waals surface area contributed by atoms with Gasteiger partial charge in [-0.25, -0.2) is 9.59 Å². The lowest BCUT2D eigenvalue weighted by atomic mass is 9.37. The Hall–Kier alpha value is -2.45. The normalized spacial score (nSPS) is 44.8. The van der Waals surface area contributed by atoms with Crippen molar-refractivity contribution >= 4 is 17.7 Å². The number of fused-ring (bicyclic) bond motifs is 1. The van der Waals surface area contributed by atoms with Gasteiger partial charge in [0.25, 0.3) is 0 Å². The van der Waals surface area contributed by atoms with Crippen LogP contribution >= 0.6 is 0 Å². The van der Waals surface area contributed by atoms with Gasteiger partial charge in [0.15, 0.2) is 6.10 Å². The third-order valence-electron chi connectivity index (χ3n) is 9.86. The SMILES string of the molecule is COC(=O)C=CC1(C)C(C(C)(C)O)CC(=O)C2(C)C1CCC1(C)C(c3ccoc3)OC(=O)C3OC312. The first-order valence-corrected chi connectivity index (χ1v) is 12.2. The largest absolute Gasteiger partial charge is 0.472 e. The van der Waals surface area contributed by atoms with Gasteiger partial charge >= 0.3 is 11.9 Å². The summed E-state index contributed by atoms with van der Waals surface area (Å²) in [7, 11) is 1.31. The predicted octanol–water partition coefficient (Wildman–Crippen LogP) is 3.53. The molecule has 2 aliphatic carbocycles. The van der Waals surface area contributed by atoms with E-state index in [2.05, 4.69) is 0 Å². The molecule has 2 saturated heterocycles. The molecule has 0 bridgehead atoms. The Kier molecular flexibility index (Phi) is 5.05. The van der Waals surface area contributed by atoms with Crippen molar-refractivity contribution in [3.05, 3.63) is 36.3 Å². The second kappa shape index (κ2) is 7.29. The molecule has 0 radical (unpaired) electrons. The van der Waals surface area contributed by atoms with E-state index in [1.165, 1.54) is 13.2 Å². The minimum absolute atomic E-state index is 0.0346. The van der Waals surface area contributed by atoms with Gasteiger partial charge in [-0.05, 0) is 51.0 Å². The number of hydrogen-bond donors (Lipinski definition) is 1. The molecular weight excluding hydrogens is 452 g/mol. The topological polar surface area (TPSA) is 116 Å². The molecular formula is C27H34O8. The van der Waals surface area contributed by atoms with Gasteiger partial charge in [0.1, 0.15) is 17.5 Å². The minimum atomic E-state index is -1.18. The van der Waals surface area contributed by atoms with E-state index in [9.17, 15) is 19.5 Å². The second-order valence-corrected chi connectivity index (χ2v) is 11.9. The molecule has 0 aromatic carbocycles. The van der Waals surface area contributed by atoms with Crippen molar-refractivity contribution in [2.24, 2.45) is 28.1 Å². The van der Waals surface area contributed by atoms with Crippen LogP contribution < -0.4 is 0 Å². The number of ketones is 1. The molecule has 1 aromatic heterocycles. The monoisotopic (exact) mass is 486 g/mol. The quantitative estimate of drug-likeness (QED) is 0.390. The standard InChI is InChI=1S/C27H34O8/c1-23(2,31)17-13-18(28)26(5)16(24(17,3)10-8-19(29)32-6)7-11-25(4)20(15-9-12-33-14-15)34-22(30)21-27(25,26)35-21/h8-10,12,14,16-17,20-21,31H,7,11,13H2,1-6H3. The fourth-order valence-electron chi connectivity index (χ4n) is 8.21. The van der Waals surface area contributed by atoms with Crippen LogP contribution in [0.5, 0.6) is 0 Å². The highest BCUT2D eigenvalue weighted by molar-refractivity contribution is 5.93. The zero-order valence-corrected chi connectivity index (χ0v) is 21.1. The number of esters is 2. The van der Waals surface area contributed by atoms with Crippen molar-refractivity contribution in [3.63, 3.8) is 0 Å². The number of cyclic esters (lactones) is 1. The smallest absolute Gasteiger partial charge is 0.339 e. The van der Waals surface area contributed by atoms with Crippen LogP contribution in [0.1, 0.15) is 65.5 Å². The third kappa shape index (κ3) is 2.90. The van der Waals surface area contributed by atoms with E-state index < -0.39 is 57.5 Å². The number of carbonyl (C=O) groups excluding carboxylic acids is 3. The van der Waals surface area contributed by atoms with Crippen molar-refractivity contribution < 1.29 is 38.1 Å². The molecule has 5 rings (SSSR count). The molecule has 4 fully saturated rings. The average Bonchev–Trinajstić information content (AvgIpc) is 3.36. The molecule has 1 N–H and O–H groups in total. The maximum atomic E-state index is 14.1. The molecule has 8 nitrogen and oxygen atoms in total. The summed E-state index contributed by atoms with van der Waals surface area (Å²) in [6, 6.07) is 1.78. The molecule has 1 aromatic rings. The van der Waals surface area contributed by atoms with Gasteiger partial charge in [0.05, 0.1) is 30.7 Å². The molecule has 2 aliphatic heterocycles. The van der Waals surface area contributed by atoms with Crippen molar-refractivity contribution in [1.82, 2.24) is 0 Å². The number of ether oxygens (including phenoxy) is 3. The first-order chi connectivity index (χ1) is 16.3. The van der Waals surface area contributed by atoms with E-state index in [1.54, 1.807) is 38.5 Å². The highest BCUT2D eigenvalue weighted by Crippen LogP contribution is 2.78. The van der Waals surface area contributed by atoms with Gasteiger partial charge in [0, 0.05) is 29.4 Å². The average molecular weight is 487 g/mol. The molecule has 2 saturated carbocycles. The van der Waals surface area contributed by atoms with Gasteiger partial charge in [0.2, 0.25) is 0 Å². The summed E-state index contributed by atoms with van der Waals surface area (Å²) >= 11 is 0. The Bertz CT molecular complexity index is 1100. The maximum Gasteiger partial charge on any atom is 0.339 e. The molecule has 8 atom stereocenters. The van der Waals surface area contributed by atoms with Crippen LogP contribution in [-0.2, 0) is 28.6 Å². The van der Waals surface area contributed by atoms with Gasteiger partial charge in [-0.2, -0.15) is 0 Å². The molecule has 35 heavy (non-hydrogen) atoms. The van der Waals surface area contributed by atoms with Crippen LogP contribution in [0.2, 0.25) is 0 Å². The van der Waals surface area contributed by atoms with E-state index in [-0.39, 0.29) is 18.1 Å². The first-order valence-electron chi connectivity index (χ1n) is 12.2. The molecule has 1 spiro atoms. The first kappa shape index (κ1) is 24.3. The number of Topliss-reactive ketones (excluding diaryl/α,β-unsaturated/α-hetero) is 1. The highest BCUT2D eigenvalue weighted by atomic mass is 16.7. The molecule has 0 amide bonds. The number of methoxy groups -OCH3 is 1. The fraction of sp³-hybridized carbons (Fsp3) is 0.667. The number of allylic oxidation sites excluding steroid dienone is 1. The van der Waals surface area contributed by atoms with Crippen LogP contribution in [0.3, 0.4) is 0 Å².